The number of morpholine rings is 1. The molecule has 2 N–H and O–H groups in total. The fraction of sp³-hybridized carbons (Fsp3) is 0.588. The summed E-state index contributed by atoms with van der Waals surface area (Å²) in [7, 11) is 7.17. The largest absolute Gasteiger partial charge is 0.497 e. The molecule has 0 bridgehead atoms. The first-order chi connectivity index (χ1) is 11.7. The third kappa shape index (κ3) is 6.87. The van der Waals surface area contributed by atoms with Gasteiger partial charge in [0.1, 0.15) is 11.5 Å². The highest BCUT2D eigenvalue weighted by molar-refractivity contribution is 14.0. The molecule has 0 amide bonds. The average Bonchev–Trinajstić information content (AvgIpc) is 2.61. The van der Waals surface area contributed by atoms with Crippen LogP contribution in [-0.2, 0) is 11.3 Å². The zero-order valence-corrected chi connectivity index (χ0v) is 17.7. The molecule has 1 heterocycles. The second-order valence-corrected chi connectivity index (χ2v) is 5.74. The predicted molar refractivity (Wildman–Crippen MR) is 110 cm³/mol. The topological polar surface area (TPSA) is 67.4 Å². The first-order valence-electron chi connectivity index (χ1n) is 8.11. The number of nitrogens with zero attached hydrogens (tertiary/aromatic N) is 2. The Morgan fingerprint density at radius 3 is 2.76 bits per heavy atom. The molecule has 1 aromatic carbocycles. The van der Waals surface area contributed by atoms with Gasteiger partial charge in [0, 0.05) is 44.9 Å². The van der Waals surface area contributed by atoms with Crippen molar-refractivity contribution in [3.05, 3.63) is 23.8 Å². The lowest BCUT2D eigenvalue weighted by Crippen LogP contribution is -2.48. The highest BCUT2D eigenvalue weighted by Crippen LogP contribution is 2.24. The second-order valence-electron chi connectivity index (χ2n) is 5.74. The van der Waals surface area contributed by atoms with Gasteiger partial charge in [0.05, 0.1) is 26.9 Å². The summed E-state index contributed by atoms with van der Waals surface area (Å²) >= 11 is 0. The van der Waals surface area contributed by atoms with Gasteiger partial charge in [-0.2, -0.15) is 0 Å². The normalized spacial score (nSPS) is 18.2. The van der Waals surface area contributed by atoms with Crippen LogP contribution >= 0.6 is 24.0 Å². The average molecular weight is 464 g/mol. The minimum Gasteiger partial charge on any atom is -0.497 e. The van der Waals surface area contributed by atoms with Crippen LogP contribution in [0.25, 0.3) is 0 Å². The number of likely N-dealkylation sites (N-methyl/N-ethyl adjacent to an activating group) is 1. The van der Waals surface area contributed by atoms with Crippen molar-refractivity contribution in [2.45, 2.75) is 12.6 Å². The van der Waals surface area contributed by atoms with E-state index < -0.39 is 0 Å². The number of aliphatic imine (C=N–C) groups is 1. The van der Waals surface area contributed by atoms with Crippen molar-refractivity contribution >= 4 is 29.9 Å². The molecular weight excluding hydrogens is 435 g/mol. The van der Waals surface area contributed by atoms with E-state index in [2.05, 4.69) is 27.6 Å². The fourth-order valence-electron chi connectivity index (χ4n) is 2.60. The molecule has 0 radical (unpaired) electrons. The molecule has 142 valence electrons. The van der Waals surface area contributed by atoms with Crippen molar-refractivity contribution in [2.24, 2.45) is 4.99 Å². The summed E-state index contributed by atoms with van der Waals surface area (Å²) in [6.07, 6.45) is 0.179. The Morgan fingerprint density at radius 2 is 2.12 bits per heavy atom. The maximum absolute atomic E-state index is 5.75. The minimum atomic E-state index is 0. The standard InChI is InChI=1S/C17H28N4O3.HI/c1-18-17(20-11-15-12-21(2)7-8-24-15)19-10-13-5-6-14(22-3)9-16(13)23-4;/h5-6,9,15H,7-8,10-12H2,1-4H3,(H2,18,19,20);1H. The van der Waals surface area contributed by atoms with Crippen LogP contribution in [0.2, 0.25) is 0 Å². The monoisotopic (exact) mass is 464 g/mol. The van der Waals surface area contributed by atoms with Crippen LogP contribution in [0.3, 0.4) is 0 Å². The molecule has 1 saturated heterocycles. The molecule has 2 rings (SSSR count). The zero-order chi connectivity index (χ0) is 17.4. The van der Waals surface area contributed by atoms with E-state index in [0.29, 0.717) is 6.54 Å². The van der Waals surface area contributed by atoms with Gasteiger partial charge in [-0.25, -0.2) is 0 Å². The predicted octanol–water partition coefficient (Wildman–Crippen LogP) is 1.32. The van der Waals surface area contributed by atoms with Gasteiger partial charge in [0.2, 0.25) is 0 Å². The molecular formula is C17H29IN4O3. The number of ether oxygens (including phenoxy) is 3. The van der Waals surface area contributed by atoms with Crippen LogP contribution in [-0.4, -0.2) is 71.5 Å². The fourth-order valence-corrected chi connectivity index (χ4v) is 2.60. The molecule has 0 aliphatic carbocycles. The van der Waals surface area contributed by atoms with Gasteiger partial charge in [-0.3, -0.25) is 4.99 Å². The number of nitrogens with one attached hydrogen (secondary N) is 2. The number of methoxy groups -OCH3 is 2. The van der Waals surface area contributed by atoms with Crippen molar-refractivity contribution in [1.82, 2.24) is 15.5 Å². The third-order valence-corrected chi connectivity index (χ3v) is 4.00. The minimum absolute atomic E-state index is 0. The van der Waals surface area contributed by atoms with Crippen molar-refractivity contribution < 1.29 is 14.2 Å². The Labute approximate surface area is 167 Å². The molecule has 8 heteroatoms. The number of rotatable bonds is 6. The van der Waals surface area contributed by atoms with Crippen LogP contribution in [0.15, 0.2) is 23.2 Å². The van der Waals surface area contributed by atoms with Gasteiger partial charge in [0.25, 0.3) is 0 Å². The number of halogens is 1. The summed E-state index contributed by atoms with van der Waals surface area (Å²) in [6, 6.07) is 5.78. The van der Waals surface area contributed by atoms with Crippen molar-refractivity contribution in [3.63, 3.8) is 0 Å². The molecule has 1 aliphatic heterocycles. The molecule has 0 aromatic heterocycles. The Bertz CT molecular complexity index is 557. The molecule has 0 spiro atoms. The summed E-state index contributed by atoms with van der Waals surface area (Å²) in [4.78, 5) is 6.53. The lowest BCUT2D eigenvalue weighted by atomic mass is 10.2. The van der Waals surface area contributed by atoms with E-state index in [9.17, 15) is 0 Å². The van der Waals surface area contributed by atoms with Gasteiger partial charge in [-0.15, -0.1) is 24.0 Å². The van der Waals surface area contributed by atoms with E-state index in [4.69, 9.17) is 14.2 Å². The number of hydrogen-bond acceptors (Lipinski definition) is 5. The summed E-state index contributed by atoms with van der Waals surface area (Å²) in [6.45, 7) is 4.02. The SMILES string of the molecule is CN=C(NCc1ccc(OC)cc1OC)NCC1CN(C)CCO1.I. The van der Waals surface area contributed by atoms with Crippen LogP contribution in [0.5, 0.6) is 11.5 Å². The zero-order valence-electron chi connectivity index (χ0n) is 15.4. The van der Waals surface area contributed by atoms with E-state index in [-0.39, 0.29) is 30.1 Å². The Balaban J connectivity index is 0.00000312. The molecule has 1 unspecified atom stereocenters. The second kappa shape index (κ2) is 11.4. The van der Waals surface area contributed by atoms with E-state index in [0.717, 1.165) is 49.3 Å². The lowest BCUT2D eigenvalue weighted by Gasteiger charge is -2.30. The highest BCUT2D eigenvalue weighted by atomic mass is 127. The van der Waals surface area contributed by atoms with Gasteiger partial charge in [-0.1, -0.05) is 0 Å². The van der Waals surface area contributed by atoms with Gasteiger partial charge in [-0.05, 0) is 19.2 Å². The molecule has 0 saturated carbocycles. The highest BCUT2D eigenvalue weighted by Gasteiger charge is 2.17. The van der Waals surface area contributed by atoms with Crippen molar-refractivity contribution in [2.75, 3.05) is 54.6 Å². The molecule has 1 atom stereocenters. The molecule has 1 fully saturated rings. The van der Waals surface area contributed by atoms with Gasteiger partial charge < -0.3 is 29.7 Å². The van der Waals surface area contributed by atoms with Crippen LogP contribution in [0, 0.1) is 0 Å². The molecule has 7 nitrogen and oxygen atoms in total. The van der Waals surface area contributed by atoms with E-state index in [1.54, 1.807) is 21.3 Å². The van der Waals surface area contributed by atoms with Gasteiger partial charge in [0.15, 0.2) is 5.96 Å². The Hall–Kier alpha value is -1.26. The Kier molecular flexibility index (Phi) is 9.91. The summed E-state index contributed by atoms with van der Waals surface area (Å²) in [5, 5.41) is 6.61. The third-order valence-electron chi connectivity index (χ3n) is 4.00. The summed E-state index contributed by atoms with van der Waals surface area (Å²) in [5.41, 5.74) is 1.04. The first kappa shape index (κ1) is 21.8. The molecule has 1 aromatic rings. The van der Waals surface area contributed by atoms with Gasteiger partial charge >= 0.3 is 0 Å². The first-order valence-corrected chi connectivity index (χ1v) is 8.11. The molecule has 1 aliphatic rings. The van der Waals surface area contributed by atoms with Crippen LogP contribution < -0.4 is 20.1 Å². The number of benzene rings is 1. The van der Waals surface area contributed by atoms with Crippen LogP contribution in [0.4, 0.5) is 0 Å². The maximum Gasteiger partial charge on any atom is 0.191 e. The lowest BCUT2D eigenvalue weighted by molar-refractivity contribution is -0.0161. The maximum atomic E-state index is 5.75. The number of hydrogen-bond donors (Lipinski definition) is 2. The van der Waals surface area contributed by atoms with E-state index in [1.165, 1.54) is 0 Å². The smallest absolute Gasteiger partial charge is 0.191 e. The quantitative estimate of drug-likeness (QED) is 0.376. The van der Waals surface area contributed by atoms with E-state index in [1.807, 2.05) is 18.2 Å². The Morgan fingerprint density at radius 1 is 1.32 bits per heavy atom. The van der Waals surface area contributed by atoms with Crippen molar-refractivity contribution in [3.8, 4) is 11.5 Å². The van der Waals surface area contributed by atoms with Crippen LogP contribution in [0.1, 0.15) is 5.56 Å². The number of guanidine groups is 1. The summed E-state index contributed by atoms with van der Waals surface area (Å²) in [5.74, 6) is 2.30. The molecule has 25 heavy (non-hydrogen) atoms. The van der Waals surface area contributed by atoms with E-state index >= 15 is 0 Å². The van der Waals surface area contributed by atoms with Crippen molar-refractivity contribution in [1.29, 1.82) is 0 Å². The summed E-state index contributed by atoms with van der Waals surface area (Å²) < 4.78 is 16.4.